The molecule has 0 saturated heterocycles. The van der Waals surface area contributed by atoms with Gasteiger partial charge in [-0.15, -0.1) is 0 Å². The van der Waals surface area contributed by atoms with Crippen molar-refractivity contribution >= 4 is 21.9 Å². The summed E-state index contributed by atoms with van der Waals surface area (Å²) >= 11 is 0. The van der Waals surface area contributed by atoms with E-state index in [0.717, 1.165) is 23.9 Å². The molecule has 0 radical (unpaired) electrons. The Bertz CT molecular complexity index is 937. The van der Waals surface area contributed by atoms with Crippen LogP contribution in [-0.2, 0) is 21.2 Å². The van der Waals surface area contributed by atoms with Gasteiger partial charge in [0, 0.05) is 18.9 Å². The van der Waals surface area contributed by atoms with Crippen molar-refractivity contribution in [3.05, 3.63) is 42.1 Å². The molecule has 144 valence electrons. The summed E-state index contributed by atoms with van der Waals surface area (Å²) in [7, 11) is -3.25. The minimum absolute atomic E-state index is 0.274. The number of carboxylic acid groups (broad SMARTS) is 1. The number of nitrogens with zero attached hydrogens (tertiary/aromatic N) is 2. The maximum Gasteiger partial charge on any atom is 0.328 e. The van der Waals surface area contributed by atoms with E-state index in [0.29, 0.717) is 11.6 Å². The zero-order valence-electron chi connectivity index (χ0n) is 15.3. The van der Waals surface area contributed by atoms with Crippen LogP contribution in [-0.4, -0.2) is 35.5 Å². The molecule has 0 spiro atoms. The predicted octanol–water partition coefficient (Wildman–Crippen LogP) is 3.63. The number of aromatic nitrogens is 2. The van der Waals surface area contributed by atoms with Crippen molar-refractivity contribution in [3.8, 4) is 11.3 Å². The Hall–Kier alpha value is -2.41. The molecule has 1 heterocycles. The Labute approximate surface area is 159 Å². The fourth-order valence-corrected chi connectivity index (χ4v) is 4.16. The van der Waals surface area contributed by atoms with Crippen molar-refractivity contribution in [2.75, 3.05) is 6.26 Å². The number of sulfone groups is 1. The van der Waals surface area contributed by atoms with Crippen LogP contribution in [0.2, 0.25) is 0 Å². The van der Waals surface area contributed by atoms with Gasteiger partial charge in [0.25, 0.3) is 0 Å². The molecule has 1 aromatic heterocycles. The van der Waals surface area contributed by atoms with Gasteiger partial charge in [0.15, 0.2) is 9.84 Å². The molecule has 0 bridgehead atoms. The second-order valence-electron chi connectivity index (χ2n) is 7.11. The molecule has 1 N–H and O–H groups in total. The van der Waals surface area contributed by atoms with Gasteiger partial charge in [0.2, 0.25) is 0 Å². The molecule has 1 aromatic carbocycles. The van der Waals surface area contributed by atoms with Crippen LogP contribution in [0, 0.1) is 5.92 Å². The fraction of sp³-hybridized carbons (Fsp3) is 0.400. The van der Waals surface area contributed by atoms with E-state index in [1.54, 1.807) is 24.3 Å². The van der Waals surface area contributed by atoms with E-state index in [1.165, 1.54) is 44.4 Å². The van der Waals surface area contributed by atoms with E-state index in [1.807, 2.05) is 10.7 Å². The van der Waals surface area contributed by atoms with Crippen LogP contribution in [0.1, 0.15) is 37.8 Å². The summed E-state index contributed by atoms with van der Waals surface area (Å²) in [5.74, 6) is -0.458. The molecule has 2 aromatic rings. The van der Waals surface area contributed by atoms with Crippen LogP contribution in [0.25, 0.3) is 17.3 Å². The van der Waals surface area contributed by atoms with Gasteiger partial charge in [0.05, 0.1) is 16.3 Å². The van der Waals surface area contributed by atoms with E-state index in [2.05, 4.69) is 5.10 Å². The molecule has 1 aliphatic rings. The quantitative estimate of drug-likeness (QED) is 0.763. The monoisotopic (exact) mass is 388 g/mol. The molecule has 1 fully saturated rings. The molecule has 6 nitrogen and oxygen atoms in total. The first kappa shape index (κ1) is 19.4. The number of carbonyl (C=O) groups is 1. The highest BCUT2D eigenvalue weighted by molar-refractivity contribution is 7.90. The van der Waals surface area contributed by atoms with Crippen molar-refractivity contribution in [2.45, 2.75) is 43.5 Å². The molecular weight excluding hydrogens is 364 g/mol. The molecule has 0 unspecified atom stereocenters. The van der Waals surface area contributed by atoms with Gasteiger partial charge in [-0.3, -0.25) is 4.68 Å². The van der Waals surface area contributed by atoms with Gasteiger partial charge in [-0.1, -0.05) is 31.4 Å². The average molecular weight is 388 g/mol. The lowest BCUT2D eigenvalue weighted by molar-refractivity contribution is -0.131. The topological polar surface area (TPSA) is 89.3 Å². The second-order valence-corrected chi connectivity index (χ2v) is 9.12. The summed E-state index contributed by atoms with van der Waals surface area (Å²) in [6, 6.07) is 8.58. The summed E-state index contributed by atoms with van der Waals surface area (Å²) < 4.78 is 25.3. The molecule has 0 amide bonds. The number of hydrogen-bond donors (Lipinski definition) is 1. The standard InChI is InChI=1S/C20H24N2O4S/c1-27(25,26)18-10-7-16(8-11-18)19-13-17(9-12-20(23)24)21-22(19)14-15-5-3-2-4-6-15/h7-13,15H,2-6,14H2,1H3,(H,23,24)/b12-9+. The minimum atomic E-state index is -3.25. The SMILES string of the molecule is CS(=O)(=O)c1ccc(-c2cc(/C=C/C(=O)O)nn2CC2CCCCC2)cc1. The van der Waals surface area contributed by atoms with E-state index < -0.39 is 15.8 Å². The minimum Gasteiger partial charge on any atom is -0.478 e. The van der Waals surface area contributed by atoms with E-state index in [-0.39, 0.29) is 4.90 Å². The Morgan fingerprint density at radius 3 is 2.48 bits per heavy atom. The molecule has 1 aliphatic carbocycles. The fourth-order valence-electron chi connectivity index (χ4n) is 3.53. The first-order valence-corrected chi connectivity index (χ1v) is 11.0. The Morgan fingerprint density at radius 2 is 1.89 bits per heavy atom. The van der Waals surface area contributed by atoms with Gasteiger partial charge in [-0.05, 0) is 48.6 Å². The van der Waals surface area contributed by atoms with Crippen molar-refractivity contribution in [1.82, 2.24) is 9.78 Å². The Kier molecular flexibility index (Phi) is 5.79. The Balaban J connectivity index is 1.94. The van der Waals surface area contributed by atoms with Gasteiger partial charge in [-0.25, -0.2) is 13.2 Å². The number of rotatable bonds is 6. The largest absolute Gasteiger partial charge is 0.478 e. The highest BCUT2D eigenvalue weighted by Crippen LogP contribution is 2.28. The smallest absolute Gasteiger partial charge is 0.328 e. The second kappa shape index (κ2) is 8.08. The molecular formula is C20H24N2O4S. The van der Waals surface area contributed by atoms with Gasteiger partial charge < -0.3 is 5.11 Å². The molecule has 0 atom stereocenters. The van der Waals surface area contributed by atoms with Crippen molar-refractivity contribution in [3.63, 3.8) is 0 Å². The molecule has 0 aliphatic heterocycles. The number of hydrogen-bond acceptors (Lipinski definition) is 4. The lowest BCUT2D eigenvalue weighted by Gasteiger charge is -2.22. The van der Waals surface area contributed by atoms with E-state index >= 15 is 0 Å². The molecule has 7 heteroatoms. The van der Waals surface area contributed by atoms with E-state index in [9.17, 15) is 13.2 Å². The van der Waals surface area contributed by atoms with Gasteiger partial charge in [-0.2, -0.15) is 5.10 Å². The average Bonchev–Trinajstić information content (AvgIpc) is 3.03. The first-order chi connectivity index (χ1) is 12.8. The molecule has 27 heavy (non-hydrogen) atoms. The van der Waals surface area contributed by atoms with Crippen LogP contribution in [0.5, 0.6) is 0 Å². The third-order valence-electron chi connectivity index (χ3n) is 4.93. The normalized spacial score (nSPS) is 16.0. The zero-order valence-corrected chi connectivity index (χ0v) is 16.2. The maximum absolute atomic E-state index is 11.7. The van der Waals surface area contributed by atoms with Crippen molar-refractivity contribution in [2.24, 2.45) is 5.92 Å². The van der Waals surface area contributed by atoms with Crippen molar-refractivity contribution in [1.29, 1.82) is 0 Å². The maximum atomic E-state index is 11.7. The van der Waals surface area contributed by atoms with Gasteiger partial charge >= 0.3 is 5.97 Å². The molecule has 1 saturated carbocycles. The lowest BCUT2D eigenvalue weighted by Crippen LogP contribution is -2.15. The van der Waals surface area contributed by atoms with Crippen LogP contribution in [0.15, 0.2) is 41.3 Å². The number of carboxylic acids is 1. The lowest BCUT2D eigenvalue weighted by atomic mass is 9.89. The van der Waals surface area contributed by atoms with Crippen LogP contribution in [0.4, 0.5) is 0 Å². The highest BCUT2D eigenvalue weighted by Gasteiger charge is 2.18. The van der Waals surface area contributed by atoms with E-state index in [4.69, 9.17) is 5.11 Å². The third kappa shape index (κ3) is 5.07. The van der Waals surface area contributed by atoms with Crippen LogP contribution >= 0.6 is 0 Å². The summed E-state index contributed by atoms with van der Waals surface area (Å²) in [5.41, 5.74) is 2.31. The summed E-state index contributed by atoms with van der Waals surface area (Å²) in [6.45, 7) is 0.782. The summed E-state index contributed by atoms with van der Waals surface area (Å²) in [4.78, 5) is 11.1. The first-order valence-electron chi connectivity index (χ1n) is 9.12. The summed E-state index contributed by atoms with van der Waals surface area (Å²) in [6.07, 6.45) is 9.83. The number of benzene rings is 1. The van der Waals surface area contributed by atoms with Crippen LogP contribution < -0.4 is 0 Å². The molecule has 3 rings (SSSR count). The summed E-state index contributed by atoms with van der Waals surface area (Å²) in [5, 5.41) is 13.4. The zero-order chi connectivity index (χ0) is 19.4. The van der Waals surface area contributed by atoms with Crippen molar-refractivity contribution < 1.29 is 18.3 Å². The number of aliphatic carboxylic acids is 1. The predicted molar refractivity (Wildman–Crippen MR) is 104 cm³/mol. The third-order valence-corrected chi connectivity index (χ3v) is 6.06. The van der Waals surface area contributed by atoms with Crippen LogP contribution in [0.3, 0.4) is 0 Å². The highest BCUT2D eigenvalue weighted by atomic mass is 32.2. The Morgan fingerprint density at radius 1 is 1.22 bits per heavy atom. The van der Waals surface area contributed by atoms with Gasteiger partial charge in [0.1, 0.15) is 0 Å².